The van der Waals surface area contributed by atoms with Crippen LogP contribution >= 0.6 is 0 Å². The molecule has 7 nitrogen and oxygen atoms in total. The van der Waals surface area contributed by atoms with Crippen LogP contribution in [-0.2, 0) is 20.9 Å². The van der Waals surface area contributed by atoms with Crippen LogP contribution < -0.4 is 4.74 Å². The van der Waals surface area contributed by atoms with Gasteiger partial charge in [0.25, 0.3) is 11.7 Å². The lowest BCUT2D eigenvalue weighted by molar-refractivity contribution is -0.140. The summed E-state index contributed by atoms with van der Waals surface area (Å²) >= 11 is 0. The molecule has 1 aliphatic heterocycles. The van der Waals surface area contributed by atoms with Crippen LogP contribution in [0, 0.1) is 0 Å². The molecular formula is C32H33NO6. The van der Waals surface area contributed by atoms with Gasteiger partial charge in [0, 0.05) is 12.1 Å². The molecule has 1 fully saturated rings. The molecule has 202 valence electrons. The molecule has 0 aliphatic carbocycles. The van der Waals surface area contributed by atoms with E-state index in [-0.39, 0.29) is 30.4 Å². The number of hydrogen-bond acceptors (Lipinski definition) is 6. The number of carbonyl (C=O) groups is 3. The van der Waals surface area contributed by atoms with Gasteiger partial charge in [-0.2, -0.15) is 0 Å². The summed E-state index contributed by atoms with van der Waals surface area (Å²) in [6.45, 7) is 8.59. The van der Waals surface area contributed by atoms with E-state index in [4.69, 9.17) is 9.47 Å². The van der Waals surface area contributed by atoms with E-state index in [2.05, 4.69) is 0 Å². The fourth-order valence-electron chi connectivity index (χ4n) is 4.77. The highest BCUT2D eigenvalue weighted by molar-refractivity contribution is 6.46. The van der Waals surface area contributed by atoms with E-state index < -0.39 is 23.7 Å². The number of nitrogens with zero attached hydrogens (tertiary/aromatic N) is 1. The summed E-state index contributed by atoms with van der Waals surface area (Å²) in [6, 6.07) is 20.4. The van der Waals surface area contributed by atoms with Gasteiger partial charge in [-0.3, -0.25) is 9.59 Å². The van der Waals surface area contributed by atoms with Crippen molar-refractivity contribution in [2.75, 3.05) is 13.2 Å². The van der Waals surface area contributed by atoms with Crippen LogP contribution in [-0.4, -0.2) is 40.9 Å². The zero-order valence-corrected chi connectivity index (χ0v) is 22.6. The van der Waals surface area contributed by atoms with E-state index in [1.165, 1.54) is 4.90 Å². The summed E-state index contributed by atoms with van der Waals surface area (Å²) in [5.41, 5.74) is 3.21. The van der Waals surface area contributed by atoms with Crippen LogP contribution in [0.4, 0.5) is 0 Å². The average Bonchev–Trinajstić information content (AvgIpc) is 3.19. The number of likely N-dealkylation sites (tertiary alicyclic amines) is 1. The maximum Gasteiger partial charge on any atom is 0.338 e. The van der Waals surface area contributed by atoms with Gasteiger partial charge in [-0.15, -0.1) is 0 Å². The zero-order chi connectivity index (χ0) is 28.1. The van der Waals surface area contributed by atoms with Gasteiger partial charge < -0.3 is 19.5 Å². The molecule has 1 heterocycles. The van der Waals surface area contributed by atoms with Crippen molar-refractivity contribution in [3.05, 3.63) is 106 Å². The van der Waals surface area contributed by atoms with E-state index in [0.717, 1.165) is 16.9 Å². The Labute approximate surface area is 228 Å². The fraction of sp³-hybridized carbons (Fsp3) is 0.281. The summed E-state index contributed by atoms with van der Waals surface area (Å²) in [5, 5.41) is 11.5. The first kappa shape index (κ1) is 27.6. The van der Waals surface area contributed by atoms with Gasteiger partial charge >= 0.3 is 5.97 Å². The van der Waals surface area contributed by atoms with Crippen LogP contribution in [0.2, 0.25) is 0 Å². The quantitative estimate of drug-likeness (QED) is 0.159. The number of hydrogen-bond donors (Lipinski definition) is 1. The molecule has 1 atom stereocenters. The second-order valence-corrected chi connectivity index (χ2v) is 9.60. The third-order valence-electron chi connectivity index (χ3n) is 6.68. The smallest absolute Gasteiger partial charge is 0.338 e. The highest BCUT2D eigenvalue weighted by Crippen LogP contribution is 2.41. The van der Waals surface area contributed by atoms with Crippen molar-refractivity contribution in [2.24, 2.45) is 0 Å². The minimum atomic E-state index is -0.787. The maximum absolute atomic E-state index is 13.4. The molecule has 7 heteroatoms. The molecule has 3 aromatic rings. The summed E-state index contributed by atoms with van der Waals surface area (Å²) < 4.78 is 10.8. The topological polar surface area (TPSA) is 93.1 Å². The Morgan fingerprint density at radius 3 is 2.21 bits per heavy atom. The van der Waals surface area contributed by atoms with Crippen molar-refractivity contribution < 1.29 is 29.0 Å². The molecule has 0 bridgehead atoms. The predicted molar refractivity (Wildman–Crippen MR) is 148 cm³/mol. The van der Waals surface area contributed by atoms with Gasteiger partial charge in [0.2, 0.25) is 0 Å². The van der Waals surface area contributed by atoms with Crippen LogP contribution in [0.5, 0.6) is 5.75 Å². The second kappa shape index (κ2) is 12.0. The van der Waals surface area contributed by atoms with Crippen molar-refractivity contribution >= 4 is 23.4 Å². The van der Waals surface area contributed by atoms with Crippen molar-refractivity contribution in [1.82, 2.24) is 4.90 Å². The average molecular weight is 528 g/mol. The number of aliphatic hydroxyl groups excluding tert-OH is 1. The molecule has 0 aromatic heterocycles. The maximum atomic E-state index is 13.4. The highest BCUT2D eigenvalue weighted by Gasteiger charge is 2.46. The van der Waals surface area contributed by atoms with Crippen LogP contribution in [0.3, 0.4) is 0 Å². The standard InChI is InChI=1S/C32H33NO6/c1-5-38-26-17-16-24(18-25(26)20(3)4)29(34)27-28(22-10-8-7-9-11-22)33(31(36)30(27)35)19-21-12-14-23(15-13-21)32(37)39-6-2/h7-18,20,28,34H,5-6,19H2,1-4H3/b29-27-. The molecule has 3 aromatic carbocycles. The largest absolute Gasteiger partial charge is 0.507 e. The van der Waals surface area contributed by atoms with E-state index in [9.17, 15) is 19.5 Å². The number of amides is 1. The lowest BCUT2D eigenvalue weighted by atomic mass is 9.93. The predicted octanol–water partition coefficient (Wildman–Crippen LogP) is 6.01. The van der Waals surface area contributed by atoms with E-state index in [1.54, 1.807) is 43.3 Å². The molecule has 1 N–H and O–H groups in total. The number of ketones is 1. The third kappa shape index (κ3) is 5.72. The first-order chi connectivity index (χ1) is 18.8. The Morgan fingerprint density at radius 1 is 0.923 bits per heavy atom. The number of carbonyl (C=O) groups excluding carboxylic acids is 3. The number of ether oxygens (including phenoxy) is 2. The van der Waals surface area contributed by atoms with Crippen molar-refractivity contribution in [3.8, 4) is 5.75 Å². The second-order valence-electron chi connectivity index (χ2n) is 9.60. The Balaban J connectivity index is 1.77. The molecule has 4 rings (SSSR count). The first-order valence-corrected chi connectivity index (χ1v) is 13.1. The molecule has 1 unspecified atom stereocenters. The molecule has 1 aliphatic rings. The Morgan fingerprint density at radius 2 is 1.59 bits per heavy atom. The van der Waals surface area contributed by atoms with E-state index in [0.29, 0.717) is 23.3 Å². The summed E-state index contributed by atoms with van der Waals surface area (Å²) in [6.07, 6.45) is 0. The highest BCUT2D eigenvalue weighted by atomic mass is 16.5. The van der Waals surface area contributed by atoms with Crippen LogP contribution in [0.15, 0.2) is 78.4 Å². The van der Waals surface area contributed by atoms with Crippen molar-refractivity contribution in [3.63, 3.8) is 0 Å². The van der Waals surface area contributed by atoms with Gasteiger partial charge in [0.1, 0.15) is 11.5 Å². The molecule has 0 spiro atoms. The number of esters is 1. The molecule has 1 amide bonds. The SMILES string of the molecule is CCOC(=O)c1ccc(CN2C(=O)C(=O)/C(=C(\O)c3ccc(OCC)c(C(C)C)c3)C2c2ccccc2)cc1. The monoisotopic (exact) mass is 527 g/mol. The molecule has 0 saturated carbocycles. The number of aliphatic hydroxyl groups is 1. The third-order valence-corrected chi connectivity index (χ3v) is 6.68. The van der Waals surface area contributed by atoms with Gasteiger partial charge in [-0.25, -0.2) is 4.79 Å². The Bertz CT molecular complexity index is 1390. The first-order valence-electron chi connectivity index (χ1n) is 13.1. The zero-order valence-electron chi connectivity index (χ0n) is 22.6. The van der Waals surface area contributed by atoms with Gasteiger partial charge in [-0.1, -0.05) is 56.3 Å². The number of benzene rings is 3. The lowest BCUT2D eigenvalue weighted by Crippen LogP contribution is -2.29. The Hall–Kier alpha value is -4.39. The van der Waals surface area contributed by atoms with Crippen molar-refractivity contribution in [1.29, 1.82) is 0 Å². The molecular weight excluding hydrogens is 494 g/mol. The fourth-order valence-corrected chi connectivity index (χ4v) is 4.77. The van der Waals surface area contributed by atoms with Crippen molar-refractivity contribution in [2.45, 2.75) is 46.2 Å². The summed E-state index contributed by atoms with van der Waals surface area (Å²) in [4.78, 5) is 40.3. The minimum Gasteiger partial charge on any atom is -0.507 e. The summed E-state index contributed by atoms with van der Waals surface area (Å²) in [7, 11) is 0. The van der Waals surface area contributed by atoms with Gasteiger partial charge in [-0.05, 0) is 66.8 Å². The molecule has 0 radical (unpaired) electrons. The van der Waals surface area contributed by atoms with Gasteiger partial charge in [0.15, 0.2) is 0 Å². The normalized spacial score (nSPS) is 16.5. The van der Waals surface area contributed by atoms with Gasteiger partial charge in [0.05, 0.1) is 30.4 Å². The van der Waals surface area contributed by atoms with Crippen LogP contribution in [0.1, 0.15) is 72.3 Å². The van der Waals surface area contributed by atoms with E-state index in [1.807, 2.05) is 57.2 Å². The number of rotatable bonds is 9. The van der Waals surface area contributed by atoms with Crippen LogP contribution in [0.25, 0.3) is 5.76 Å². The summed E-state index contributed by atoms with van der Waals surface area (Å²) in [5.74, 6) is -1.27. The molecule has 1 saturated heterocycles. The molecule has 39 heavy (non-hydrogen) atoms. The Kier molecular flexibility index (Phi) is 8.49. The number of Topliss-reactive ketones (excluding diaryl/α,β-unsaturated/α-hetero) is 1. The minimum absolute atomic E-state index is 0.0354. The van der Waals surface area contributed by atoms with E-state index >= 15 is 0 Å². The lowest BCUT2D eigenvalue weighted by Gasteiger charge is -2.25.